The largest absolute Gasteiger partial charge is 0.354 e. The van der Waals surface area contributed by atoms with Gasteiger partial charge in [-0.15, -0.1) is 0 Å². The zero-order valence-corrected chi connectivity index (χ0v) is 15.2. The average Bonchev–Trinajstić information content (AvgIpc) is 3.23. The van der Waals surface area contributed by atoms with E-state index >= 15 is 0 Å². The van der Waals surface area contributed by atoms with E-state index in [0.717, 1.165) is 11.3 Å². The molecule has 0 aliphatic rings. The van der Waals surface area contributed by atoms with Crippen molar-refractivity contribution in [2.45, 2.75) is 33.7 Å². The summed E-state index contributed by atoms with van der Waals surface area (Å²) >= 11 is 0. The molecular weight excluding hydrogens is 330 g/mol. The number of aryl methyl sites for hydroxylation is 1. The number of hydrogen-bond donors (Lipinski definition) is 2. The normalized spacial score (nSPS) is 12.0. The molecule has 1 amide bonds. The van der Waals surface area contributed by atoms with Crippen molar-refractivity contribution in [3.05, 3.63) is 65.0 Å². The molecule has 26 heavy (non-hydrogen) atoms. The Hall–Kier alpha value is -3.22. The van der Waals surface area contributed by atoms with Crippen LogP contribution < -0.4 is 5.32 Å². The van der Waals surface area contributed by atoms with E-state index in [1.807, 2.05) is 31.2 Å². The number of rotatable bonds is 5. The van der Waals surface area contributed by atoms with Gasteiger partial charge in [0.25, 0.3) is 5.91 Å². The minimum absolute atomic E-state index is 0.0490. The van der Waals surface area contributed by atoms with Crippen molar-refractivity contribution in [3.8, 4) is 5.69 Å². The standard InChI is InChI=1S/C19H21N5O2/c1-11-17(14(4)25)13(3)22-18(11)19(26)23-12(2)15-5-7-16(8-6-15)24-10-20-9-21-24/h5-10,12,22H,1-4H3,(H,23,26)/t12-/m0/s1. The monoisotopic (exact) mass is 351 g/mol. The zero-order chi connectivity index (χ0) is 18.8. The molecule has 3 rings (SSSR count). The lowest BCUT2D eigenvalue weighted by Gasteiger charge is -2.15. The number of H-pyrrole nitrogens is 1. The van der Waals surface area contributed by atoms with E-state index < -0.39 is 0 Å². The topological polar surface area (TPSA) is 92.7 Å². The summed E-state index contributed by atoms with van der Waals surface area (Å²) in [5.41, 5.74) is 4.27. The van der Waals surface area contributed by atoms with Crippen molar-refractivity contribution < 1.29 is 9.59 Å². The van der Waals surface area contributed by atoms with Gasteiger partial charge in [0, 0.05) is 11.3 Å². The highest BCUT2D eigenvalue weighted by molar-refractivity contribution is 6.02. The van der Waals surface area contributed by atoms with Gasteiger partial charge in [-0.1, -0.05) is 12.1 Å². The summed E-state index contributed by atoms with van der Waals surface area (Å²) in [4.78, 5) is 31.3. The summed E-state index contributed by atoms with van der Waals surface area (Å²) in [5.74, 6) is -0.280. The lowest BCUT2D eigenvalue weighted by Crippen LogP contribution is -2.27. The molecule has 134 valence electrons. The Labute approximate surface area is 151 Å². The molecule has 2 aromatic heterocycles. The first-order valence-corrected chi connectivity index (χ1v) is 8.34. The molecule has 0 aliphatic carbocycles. The molecule has 3 aromatic rings. The number of nitrogens with one attached hydrogen (secondary N) is 2. The maximum atomic E-state index is 12.6. The molecule has 1 aromatic carbocycles. The van der Waals surface area contributed by atoms with Crippen LogP contribution in [0.15, 0.2) is 36.9 Å². The fraction of sp³-hybridized carbons (Fsp3) is 0.263. The van der Waals surface area contributed by atoms with Crippen LogP contribution in [0, 0.1) is 13.8 Å². The van der Waals surface area contributed by atoms with E-state index in [0.29, 0.717) is 22.5 Å². The second kappa shape index (κ2) is 6.95. The minimum Gasteiger partial charge on any atom is -0.354 e. The van der Waals surface area contributed by atoms with Gasteiger partial charge >= 0.3 is 0 Å². The number of carbonyl (C=O) groups excluding carboxylic acids is 2. The summed E-state index contributed by atoms with van der Waals surface area (Å²) in [7, 11) is 0. The Morgan fingerprint density at radius 3 is 2.42 bits per heavy atom. The van der Waals surface area contributed by atoms with Crippen molar-refractivity contribution in [1.82, 2.24) is 25.1 Å². The molecular formula is C19H21N5O2. The van der Waals surface area contributed by atoms with E-state index in [4.69, 9.17) is 0 Å². The lowest BCUT2D eigenvalue weighted by molar-refractivity contribution is 0.0934. The molecule has 1 atom stereocenters. The lowest BCUT2D eigenvalue weighted by atomic mass is 10.1. The number of aromatic nitrogens is 4. The summed E-state index contributed by atoms with van der Waals surface area (Å²) < 4.78 is 1.67. The molecule has 2 heterocycles. The van der Waals surface area contributed by atoms with Crippen molar-refractivity contribution in [2.24, 2.45) is 0 Å². The van der Waals surface area contributed by atoms with Crippen molar-refractivity contribution in [1.29, 1.82) is 0 Å². The van der Waals surface area contributed by atoms with Gasteiger partial charge in [0.15, 0.2) is 5.78 Å². The number of hydrogen-bond acceptors (Lipinski definition) is 4. The first-order chi connectivity index (χ1) is 12.4. The highest BCUT2D eigenvalue weighted by Gasteiger charge is 2.21. The van der Waals surface area contributed by atoms with E-state index in [1.54, 1.807) is 24.9 Å². The van der Waals surface area contributed by atoms with Gasteiger partial charge < -0.3 is 10.3 Å². The molecule has 0 saturated carbocycles. The van der Waals surface area contributed by atoms with Gasteiger partial charge in [0.2, 0.25) is 0 Å². The molecule has 0 fully saturated rings. The summed E-state index contributed by atoms with van der Waals surface area (Å²) in [6, 6.07) is 7.54. The van der Waals surface area contributed by atoms with Crippen LogP contribution in [0.1, 0.15) is 57.6 Å². The van der Waals surface area contributed by atoms with Gasteiger partial charge in [-0.3, -0.25) is 9.59 Å². The molecule has 0 bridgehead atoms. The van der Waals surface area contributed by atoms with Gasteiger partial charge in [0.1, 0.15) is 18.3 Å². The smallest absolute Gasteiger partial charge is 0.268 e. The van der Waals surface area contributed by atoms with E-state index in [-0.39, 0.29) is 17.7 Å². The Morgan fingerprint density at radius 2 is 1.88 bits per heavy atom. The van der Waals surface area contributed by atoms with Crippen molar-refractivity contribution in [2.75, 3.05) is 0 Å². The number of aromatic amines is 1. The van der Waals surface area contributed by atoms with Crippen LogP contribution in [0.3, 0.4) is 0 Å². The Kier molecular flexibility index (Phi) is 4.71. The van der Waals surface area contributed by atoms with Crippen LogP contribution in [0.25, 0.3) is 5.69 Å². The number of nitrogens with zero attached hydrogens (tertiary/aromatic N) is 3. The molecule has 0 radical (unpaired) electrons. The third-order valence-electron chi connectivity index (χ3n) is 4.44. The number of amides is 1. The first-order valence-electron chi connectivity index (χ1n) is 8.34. The molecule has 0 aliphatic heterocycles. The average molecular weight is 351 g/mol. The number of carbonyl (C=O) groups is 2. The highest BCUT2D eigenvalue weighted by atomic mass is 16.2. The number of Topliss-reactive ketones (excluding diaryl/α,β-unsaturated/α-hetero) is 1. The fourth-order valence-electron chi connectivity index (χ4n) is 3.11. The van der Waals surface area contributed by atoms with Crippen LogP contribution in [0.4, 0.5) is 0 Å². The maximum absolute atomic E-state index is 12.6. The Morgan fingerprint density at radius 1 is 1.19 bits per heavy atom. The van der Waals surface area contributed by atoms with E-state index in [1.165, 1.54) is 13.3 Å². The van der Waals surface area contributed by atoms with Gasteiger partial charge in [-0.2, -0.15) is 5.10 Å². The fourth-order valence-corrected chi connectivity index (χ4v) is 3.11. The van der Waals surface area contributed by atoms with E-state index in [2.05, 4.69) is 20.4 Å². The number of ketones is 1. The van der Waals surface area contributed by atoms with Gasteiger partial charge in [-0.25, -0.2) is 9.67 Å². The SMILES string of the molecule is CC(=O)c1c(C)[nH]c(C(=O)N[C@@H](C)c2ccc(-n3cncn3)cc2)c1C. The predicted octanol–water partition coefficient (Wildman–Crippen LogP) is 2.91. The van der Waals surface area contributed by atoms with Crippen LogP contribution in [0.2, 0.25) is 0 Å². The molecule has 0 saturated heterocycles. The molecule has 7 heteroatoms. The quantitative estimate of drug-likeness (QED) is 0.691. The van der Waals surface area contributed by atoms with Crippen molar-refractivity contribution >= 4 is 11.7 Å². The molecule has 2 N–H and O–H groups in total. The number of benzene rings is 1. The van der Waals surface area contributed by atoms with Crippen LogP contribution in [-0.2, 0) is 0 Å². The molecule has 0 spiro atoms. The second-order valence-corrected chi connectivity index (χ2v) is 6.31. The summed E-state index contributed by atoms with van der Waals surface area (Å²) in [6.07, 6.45) is 3.11. The van der Waals surface area contributed by atoms with E-state index in [9.17, 15) is 9.59 Å². The summed E-state index contributed by atoms with van der Waals surface area (Å²) in [5, 5.41) is 7.06. The maximum Gasteiger partial charge on any atom is 0.268 e. The van der Waals surface area contributed by atoms with Crippen LogP contribution in [0.5, 0.6) is 0 Å². The molecule has 7 nitrogen and oxygen atoms in total. The van der Waals surface area contributed by atoms with Crippen LogP contribution >= 0.6 is 0 Å². The minimum atomic E-state index is -0.231. The van der Waals surface area contributed by atoms with Gasteiger partial charge in [-0.05, 0) is 51.0 Å². The summed E-state index contributed by atoms with van der Waals surface area (Å²) in [6.45, 7) is 7.00. The Balaban J connectivity index is 1.75. The van der Waals surface area contributed by atoms with Crippen LogP contribution in [-0.4, -0.2) is 31.4 Å². The Bertz CT molecular complexity index is 939. The predicted molar refractivity (Wildman–Crippen MR) is 97.5 cm³/mol. The van der Waals surface area contributed by atoms with Crippen molar-refractivity contribution in [3.63, 3.8) is 0 Å². The molecule has 0 unspecified atom stereocenters. The zero-order valence-electron chi connectivity index (χ0n) is 15.2. The first kappa shape index (κ1) is 17.6. The second-order valence-electron chi connectivity index (χ2n) is 6.31. The highest BCUT2D eigenvalue weighted by Crippen LogP contribution is 2.20. The third-order valence-corrected chi connectivity index (χ3v) is 4.44. The third kappa shape index (κ3) is 3.28. The van der Waals surface area contributed by atoms with Gasteiger partial charge in [0.05, 0.1) is 11.7 Å².